The van der Waals surface area contributed by atoms with Crippen LogP contribution in [0.3, 0.4) is 0 Å². The fourth-order valence-corrected chi connectivity index (χ4v) is 3.84. The molecule has 6 nitrogen and oxygen atoms in total. The van der Waals surface area contributed by atoms with Crippen molar-refractivity contribution in [2.45, 2.75) is 6.54 Å². The SMILES string of the molecule is N#Cc1ccc(CN2CCN(C(=O)/C=C/c3cc(Cl)c4c(c3)OCCO4)CC2)cc1. The predicted molar refractivity (Wildman–Crippen MR) is 114 cm³/mol. The molecule has 0 atom stereocenters. The van der Waals surface area contributed by atoms with Gasteiger partial charge in [-0.3, -0.25) is 9.69 Å². The lowest BCUT2D eigenvalue weighted by Crippen LogP contribution is -2.47. The van der Waals surface area contributed by atoms with Crippen molar-refractivity contribution >= 4 is 23.6 Å². The second kappa shape index (κ2) is 9.21. The molecule has 0 spiro atoms. The van der Waals surface area contributed by atoms with Crippen LogP contribution in [0.5, 0.6) is 11.5 Å². The van der Waals surface area contributed by atoms with E-state index >= 15 is 0 Å². The number of hydrogen-bond acceptors (Lipinski definition) is 5. The van der Waals surface area contributed by atoms with Gasteiger partial charge in [-0.2, -0.15) is 5.26 Å². The van der Waals surface area contributed by atoms with Gasteiger partial charge in [-0.05, 0) is 41.5 Å². The Bertz CT molecular complexity index is 990. The van der Waals surface area contributed by atoms with Gasteiger partial charge < -0.3 is 14.4 Å². The summed E-state index contributed by atoms with van der Waals surface area (Å²) < 4.78 is 11.1. The highest BCUT2D eigenvalue weighted by molar-refractivity contribution is 6.32. The second-order valence-electron chi connectivity index (χ2n) is 7.27. The van der Waals surface area contributed by atoms with Crippen LogP contribution in [0.1, 0.15) is 16.7 Å². The molecule has 2 heterocycles. The van der Waals surface area contributed by atoms with Gasteiger partial charge in [0.25, 0.3) is 0 Å². The lowest BCUT2D eigenvalue weighted by atomic mass is 10.1. The van der Waals surface area contributed by atoms with Crippen molar-refractivity contribution in [2.75, 3.05) is 39.4 Å². The highest BCUT2D eigenvalue weighted by Gasteiger charge is 2.20. The van der Waals surface area contributed by atoms with Gasteiger partial charge >= 0.3 is 0 Å². The first-order chi connectivity index (χ1) is 14.6. The van der Waals surface area contributed by atoms with Crippen LogP contribution in [0, 0.1) is 11.3 Å². The smallest absolute Gasteiger partial charge is 0.246 e. The molecule has 154 valence electrons. The summed E-state index contributed by atoms with van der Waals surface area (Å²) in [4.78, 5) is 16.7. The molecule has 2 aliphatic heterocycles. The van der Waals surface area contributed by atoms with Gasteiger partial charge in [-0.25, -0.2) is 0 Å². The zero-order valence-electron chi connectivity index (χ0n) is 16.5. The Morgan fingerprint density at radius 3 is 2.57 bits per heavy atom. The van der Waals surface area contributed by atoms with E-state index < -0.39 is 0 Å². The minimum absolute atomic E-state index is 0.0148. The summed E-state index contributed by atoms with van der Waals surface area (Å²) in [7, 11) is 0. The topological polar surface area (TPSA) is 65.8 Å². The van der Waals surface area contributed by atoms with Crippen LogP contribution in [0.2, 0.25) is 5.02 Å². The Balaban J connectivity index is 1.31. The lowest BCUT2D eigenvalue weighted by Gasteiger charge is -2.34. The Labute approximate surface area is 180 Å². The van der Waals surface area contributed by atoms with Gasteiger partial charge in [-0.1, -0.05) is 23.7 Å². The Morgan fingerprint density at radius 2 is 1.83 bits per heavy atom. The summed E-state index contributed by atoms with van der Waals surface area (Å²) in [6.07, 6.45) is 3.34. The zero-order chi connectivity index (χ0) is 20.9. The number of halogens is 1. The number of ether oxygens (including phenoxy) is 2. The monoisotopic (exact) mass is 423 g/mol. The first-order valence-corrected chi connectivity index (χ1v) is 10.3. The molecule has 7 heteroatoms. The van der Waals surface area contributed by atoms with E-state index in [4.69, 9.17) is 26.3 Å². The molecule has 0 N–H and O–H groups in total. The van der Waals surface area contributed by atoms with E-state index in [1.807, 2.05) is 35.2 Å². The molecule has 0 radical (unpaired) electrons. The molecule has 0 bridgehead atoms. The number of nitrogens with zero attached hydrogens (tertiary/aromatic N) is 3. The largest absolute Gasteiger partial charge is 0.486 e. The van der Waals surface area contributed by atoms with Gasteiger partial charge in [0.2, 0.25) is 5.91 Å². The quantitative estimate of drug-likeness (QED) is 0.705. The van der Waals surface area contributed by atoms with Crippen molar-refractivity contribution in [3.05, 3.63) is 64.2 Å². The van der Waals surface area contributed by atoms with Crippen molar-refractivity contribution in [3.8, 4) is 17.6 Å². The summed E-state index contributed by atoms with van der Waals surface area (Å²) in [5.41, 5.74) is 2.64. The van der Waals surface area contributed by atoms with Crippen LogP contribution < -0.4 is 9.47 Å². The number of rotatable bonds is 4. The number of carbonyl (C=O) groups is 1. The van der Waals surface area contributed by atoms with Crippen LogP contribution in [-0.2, 0) is 11.3 Å². The minimum atomic E-state index is -0.0148. The molecule has 4 rings (SSSR count). The number of carbonyl (C=O) groups excluding carboxylic acids is 1. The van der Waals surface area contributed by atoms with Crippen molar-refractivity contribution in [3.63, 3.8) is 0 Å². The van der Waals surface area contributed by atoms with E-state index in [0.29, 0.717) is 48.4 Å². The zero-order valence-corrected chi connectivity index (χ0v) is 17.3. The van der Waals surface area contributed by atoms with Gasteiger partial charge in [0.05, 0.1) is 16.7 Å². The Morgan fingerprint density at radius 1 is 1.10 bits per heavy atom. The molecule has 30 heavy (non-hydrogen) atoms. The molecule has 0 aliphatic carbocycles. The fraction of sp³-hybridized carbons (Fsp3) is 0.304. The number of nitriles is 1. The van der Waals surface area contributed by atoms with Gasteiger partial charge in [0.1, 0.15) is 13.2 Å². The third-order valence-electron chi connectivity index (χ3n) is 5.21. The van der Waals surface area contributed by atoms with E-state index in [1.54, 1.807) is 18.2 Å². The highest BCUT2D eigenvalue weighted by Crippen LogP contribution is 2.38. The Hall–Kier alpha value is -3.01. The van der Waals surface area contributed by atoms with Crippen LogP contribution in [0.15, 0.2) is 42.5 Å². The highest BCUT2D eigenvalue weighted by atomic mass is 35.5. The number of amides is 1. The summed E-state index contributed by atoms with van der Waals surface area (Å²) in [6.45, 7) is 4.78. The summed E-state index contributed by atoms with van der Waals surface area (Å²) in [5.74, 6) is 1.15. The summed E-state index contributed by atoms with van der Waals surface area (Å²) >= 11 is 6.26. The fourth-order valence-electron chi connectivity index (χ4n) is 3.57. The minimum Gasteiger partial charge on any atom is -0.486 e. The van der Waals surface area contributed by atoms with Gasteiger partial charge in [0.15, 0.2) is 11.5 Å². The van der Waals surface area contributed by atoms with E-state index in [1.165, 1.54) is 5.56 Å². The third kappa shape index (κ3) is 4.76. The Kier molecular flexibility index (Phi) is 6.22. The molecule has 2 aromatic carbocycles. The maximum absolute atomic E-state index is 12.6. The van der Waals surface area contributed by atoms with Gasteiger partial charge in [-0.15, -0.1) is 0 Å². The lowest BCUT2D eigenvalue weighted by molar-refractivity contribution is -0.127. The van der Waals surface area contributed by atoms with E-state index in [-0.39, 0.29) is 5.91 Å². The first-order valence-electron chi connectivity index (χ1n) is 9.90. The normalized spacial score (nSPS) is 16.5. The van der Waals surface area contributed by atoms with E-state index in [9.17, 15) is 4.79 Å². The maximum atomic E-state index is 12.6. The van der Waals surface area contributed by atoms with Crippen LogP contribution >= 0.6 is 11.6 Å². The van der Waals surface area contributed by atoms with Crippen molar-refractivity contribution in [2.24, 2.45) is 0 Å². The molecule has 0 saturated carbocycles. The predicted octanol–water partition coefficient (Wildman–Crippen LogP) is 3.34. The second-order valence-corrected chi connectivity index (χ2v) is 7.68. The molecule has 2 aromatic rings. The first kappa shape index (κ1) is 20.3. The number of piperazine rings is 1. The number of fused-ring (bicyclic) bond motifs is 1. The average Bonchev–Trinajstić information content (AvgIpc) is 2.78. The standard InChI is InChI=1S/C23H22ClN3O3/c24-20-13-19(14-21-23(20)30-12-11-29-21)5-6-22(28)27-9-7-26(8-10-27)16-18-3-1-17(15-25)2-4-18/h1-6,13-14H,7-12,16H2/b6-5+. The number of benzene rings is 2. The molecular formula is C23H22ClN3O3. The van der Waals surface area contributed by atoms with Crippen molar-refractivity contribution in [1.82, 2.24) is 9.80 Å². The van der Waals surface area contributed by atoms with Crippen LogP contribution in [0.25, 0.3) is 6.08 Å². The molecule has 2 aliphatic rings. The van der Waals surface area contributed by atoms with Crippen LogP contribution in [0.4, 0.5) is 0 Å². The third-order valence-corrected chi connectivity index (χ3v) is 5.49. The molecule has 0 unspecified atom stereocenters. The van der Waals surface area contributed by atoms with Crippen molar-refractivity contribution in [1.29, 1.82) is 5.26 Å². The molecule has 1 amide bonds. The summed E-state index contributed by atoms with van der Waals surface area (Å²) in [5, 5.41) is 9.37. The van der Waals surface area contributed by atoms with E-state index in [0.717, 1.165) is 25.2 Å². The maximum Gasteiger partial charge on any atom is 0.246 e. The van der Waals surface area contributed by atoms with Crippen molar-refractivity contribution < 1.29 is 14.3 Å². The molecule has 0 aromatic heterocycles. The molecular weight excluding hydrogens is 402 g/mol. The van der Waals surface area contributed by atoms with Gasteiger partial charge in [0, 0.05) is 38.8 Å². The summed E-state index contributed by atoms with van der Waals surface area (Å²) in [6, 6.07) is 13.4. The van der Waals surface area contributed by atoms with E-state index in [2.05, 4.69) is 11.0 Å². The average molecular weight is 424 g/mol. The van der Waals surface area contributed by atoms with Crippen LogP contribution in [-0.4, -0.2) is 55.1 Å². The molecule has 1 saturated heterocycles. The molecule has 1 fully saturated rings. The number of hydrogen-bond donors (Lipinski definition) is 0.